The monoisotopic (exact) mass is 393 g/mol. The second-order valence-electron chi connectivity index (χ2n) is 4.43. The summed E-state index contributed by atoms with van der Waals surface area (Å²) in [6.45, 7) is -0.393. The van der Waals surface area contributed by atoms with Gasteiger partial charge in [-0.25, -0.2) is 15.0 Å². The molecule has 108 valence electrons. The van der Waals surface area contributed by atoms with Crippen LogP contribution in [0.5, 0.6) is 0 Å². The number of hydrogen-bond acceptors (Lipinski definition) is 8. The Kier molecular flexibility index (Phi) is 3.50. The highest BCUT2D eigenvalue weighted by atomic mass is 127. The van der Waals surface area contributed by atoms with Crippen molar-refractivity contribution in [2.24, 2.45) is 0 Å². The summed E-state index contributed by atoms with van der Waals surface area (Å²) >= 11 is 1.92. The summed E-state index contributed by atoms with van der Waals surface area (Å²) in [5.74, 6) is 0.227. The zero-order chi connectivity index (χ0) is 14.4. The van der Waals surface area contributed by atoms with Crippen molar-refractivity contribution < 1.29 is 20.1 Å². The van der Waals surface area contributed by atoms with Crippen LogP contribution in [0.1, 0.15) is 6.23 Å². The number of hydrogen-bond donors (Lipinski definition) is 4. The molecular formula is C10H12IN5O4. The molecule has 0 aliphatic carbocycles. The first kappa shape index (κ1) is 13.9. The minimum atomic E-state index is -1.20. The lowest BCUT2D eigenvalue weighted by Gasteiger charge is -2.16. The number of nitrogens with zero attached hydrogens (tertiary/aromatic N) is 4. The average Bonchev–Trinajstić information content (AvgIpc) is 2.93. The minimum Gasteiger partial charge on any atom is -0.394 e. The predicted molar refractivity (Wildman–Crippen MR) is 75.5 cm³/mol. The molecule has 1 aliphatic rings. The number of aromatic nitrogens is 4. The van der Waals surface area contributed by atoms with Crippen LogP contribution >= 0.6 is 22.6 Å². The molecule has 2 aromatic heterocycles. The zero-order valence-electron chi connectivity index (χ0n) is 10.1. The second kappa shape index (κ2) is 5.04. The summed E-state index contributed by atoms with van der Waals surface area (Å²) in [4.78, 5) is 12.3. The summed E-state index contributed by atoms with van der Waals surface area (Å²) in [5.41, 5.74) is 6.55. The molecule has 0 saturated carbocycles. The molecule has 0 bridgehead atoms. The van der Waals surface area contributed by atoms with E-state index in [1.54, 1.807) is 0 Å². The third-order valence-electron chi connectivity index (χ3n) is 3.21. The molecule has 1 fully saturated rings. The number of imidazole rings is 1. The van der Waals surface area contributed by atoms with E-state index in [9.17, 15) is 10.2 Å². The Morgan fingerprint density at radius 3 is 2.75 bits per heavy atom. The standard InChI is InChI=1S/C10H12IN5O4/c11-10-14-7(12)4-8(15-10)16(2-13-4)9-6(19)5(18)3(1-17)20-9/h2-3,5-6,9,17-19H,1H2,(H2,12,14,15)/t3-,5?,6?,9-/m1/s1. The van der Waals surface area contributed by atoms with Crippen molar-refractivity contribution in [1.82, 2.24) is 19.5 Å². The fraction of sp³-hybridized carbons (Fsp3) is 0.500. The van der Waals surface area contributed by atoms with Crippen LogP contribution in [-0.2, 0) is 4.74 Å². The quantitative estimate of drug-likeness (QED) is 0.362. The van der Waals surface area contributed by atoms with Crippen LogP contribution in [0, 0.1) is 3.83 Å². The molecule has 10 heteroatoms. The van der Waals surface area contributed by atoms with Crippen LogP contribution in [0.3, 0.4) is 0 Å². The third-order valence-corrected chi connectivity index (χ3v) is 3.69. The van der Waals surface area contributed by atoms with Gasteiger partial charge in [0, 0.05) is 22.6 Å². The van der Waals surface area contributed by atoms with Gasteiger partial charge in [0.1, 0.15) is 23.8 Å². The van der Waals surface area contributed by atoms with E-state index in [1.165, 1.54) is 10.9 Å². The molecule has 5 N–H and O–H groups in total. The van der Waals surface area contributed by atoms with E-state index >= 15 is 0 Å². The molecule has 9 nitrogen and oxygen atoms in total. The minimum absolute atomic E-state index is 0.227. The van der Waals surface area contributed by atoms with E-state index in [0.717, 1.165) is 0 Å². The Hall–Kier alpha value is -1.08. The van der Waals surface area contributed by atoms with Gasteiger partial charge in [0.15, 0.2) is 21.5 Å². The molecule has 1 saturated heterocycles. The highest BCUT2D eigenvalue weighted by Crippen LogP contribution is 2.31. The van der Waals surface area contributed by atoms with Crippen LogP contribution in [-0.4, -0.2) is 59.8 Å². The summed E-state index contributed by atoms with van der Waals surface area (Å²) in [6, 6.07) is 0. The molecule has 2 unspecified atom stereocenters. The molecule has 0 spiro atoms. The SMILES string of the molecule is Nc1nc(I)nc2c1ncn2[C@@H]1O[C@H](CO)C(O)C1O. The largest absolute Gasteiger partial charge is 0.394 e. The number of nitrogen functional groups attached to an aromatic ring is 1. The van der Waals surface area contributed by atoms with Gasteiger partial charge in [-0.3, -0.25) is 4.57 Å². The van der Waals surface area contributed by atoms with Gasteiger partial charge >= 0.3 is 0 Å². The number of anilines is 1. The molecule has 0 amide bonds. The Labute approximate surface area is 126 Å². The van der Waals surface area contributed by atoms with Gasteiger partial charge in [-0.15, -0.1) is 0 Å². The van der Waals surface area contributed by atoms with Gasteiger partial charge in [-0.2, -0.15) is 0 Å². The van der Waals surface area contributed by atoms with E-state index in [4.69, 9.17) is 15.6 Å². The van der Waals surface area contributed by atoms with Gasteiger partial charge in [0.25, 0.3) is 0 Å². The van der Waals surface area contributed by atoms with Crippen LogP contribution in [0.25, 0.3) is 11.2 Å². The zero-order valence-corrected chi connectivity index (χ0v) is 12.2. The smallest absolute Gasteiger partial charge is 0.194 e. The summed E-state index contributed by atoms with van der Waals surface area (Å²) in [5, 5.41) is 28.9. The van der Waals surface area contributed by atoms with Crippen molar-refractivity contribution >= 4 is 39.6 Å². The van der Waals surface area contributed by atoms with Crippen LogP contribution in [0.4, 0.5) is 5.82 Å². The van der Waals surface area contributed by atoms with Crippen molar-refractivity contribution in [3.8, 4) is 0 Å². The topological polar surface area (TPSA) is 140 Å². The maximum absolute atomic E-state index is 10.0. The molecule has 0 aromatic carbocycles. The molecule has 4 atom stereocenters. The Balaban J connectivity index is 2.07. The fourth-order valence-electron chi connectivity index (χ4n) is 2.21. The Morgan fingerprint density at radius 1 is 1.35 bits per heavy atom. The lowest BCUT2D eigenvalue weighted by Crippen LogP contribution is -2.33. The summed E-state index contributed by atoms with van der Waals surface area (Å²) in [6.07, 6.45) is -2.71. The van der Waals surface area contributed by atoms with E-state index in [2.05, 4.69) is 15.0 Å². The molecular weight excluding hydrogens is 381 g/mol. The van der Waals surface area contributed by atoms with Gasteiger partial charge < -0.3 is 25.8 Å². The van der Waals surface area contributed by atoms with Gasteiger partial charge in [0.2, 0.25) is 0 Å². The highest BCUT2D eigenvalue weighted by molar-refractivity contribution is 14.1. The highest BCUT2D eigenvalue weighted by Gasteiger charge is 2.44. The molecule has 3 rings (SSSR count). The number of ether oxygens (including phenoxy) is 1. The van der Waals surface area contributed by atoms with Crippen molar-refractivity contribution in [3.05, 3.63) is 10.2 Å². The van der Waals surface area contributed by atoms with E-state index < -0.39 is 31.1 Å². The first-order valence-corrected chi connectivity index (χ1v) is 6.88. The average molecular weight is 393 g/mol. The number of fused-ring (bicyclic) bond motifs is 1. The molecule has 1 aliphatic heterocycles. The molecule has 2 aromatic rings. The number of aliphatic hydroxyl groups is 3. The first-order valence-electron chi connectivity index (χ1n) is 5.81. The van der Waals surface area contributed by atoms with Crippen molar-refractivity contribution in [2.75, 3.05) is 12.3 Å². The number of aliphatic hydroxyl groups excluding tert-OH is 3. The fourth-order valence-corrected chi connectivity index (χ4v) is 2.70. The normalized spacial score (nSPS) is 30.2. The van der Waals surface area contributed by atoms with Gasteiger partial charge in [-0.1, -0.05) is 0 Å². The molecule has 3 heterocycles. The predicted octanol–water partition coefficient (Wildman–Crippen LogP) is -1.38. The van der Waals surface area contributed by atoms with E-state index in [-0.39, 0.29) is 5.82 Å². The van der Waals surface area contributed by atoms with Crippen LogP contribution in [0.15, 0.2) is 6.33 Å². The molecule has 0 radical (unpaired) electrons. The van der Waals surface area contributed by atoms with Gasteiger partial charge in [0.05, 0.1) is 12.9 Å². The number of halogens is 1. The maximum atomic E-state index is 10.0. The first-order chi connectivity index (χ1) is 9.52. The van der Waals surface area contributed by atoms with E-state index in [1.807, 2.05) is 22.6 Å². The number of nitrogens with two attached hydrogens (primary N) is 1. The lowest BCUT2D eigenvalue weighted by molar-refractivity contribution is -0.0511. The summed E-state index contributed by atoms with van der Waals surface area (Å²) in [7, 11) is 0. The van der Waals surface area contributed by atoms with Crippen molar-refractivity contribution in [2.45, 2.75) is 24.5 Å². The molecule has 20 heavy (non-hydrogen) atoms. The lowest BCUT2D eigenvalue weighted by atomic mass is 10.1. The Bertz CT molecular complexity index is 650. The third kappa shape index (κ3) is 2.03. The summed E-state index contributed by atoms with van der Waals surface area (Å²) < 4.78 is 7.34. The van der Waals surface area contributed by atoms with Crippen LogP contribution in [0.2, 0.25) is 0 Å². The van der Waals surface area contributed by atoms with Crippen LogP contribution < -0.4 is 5.73 Å². The van der Waals surface area contributed by atoms with Crippen molar-refractivity contribution in [1.29, 1.82) is 0 Å². The number of rotatable bonds is 2. The second-order valence-corrected chi connectivity index (χ2v) is 5.40. The van der Waals surface area contributed by atoms with Gasteiger partial charge in [-0.05, 0) is 0 Å². The van der Waals surface area contributed by atoms with Crippen molar-refractivity contribution in [3.63, 3.8) is 0 Å². The van der Waals surface area contributed by atoms with E-state index in [0.29, 0.717) is 15.0 Å². The Morgan fingerprint density at radius 2 is 2.10 bits per heavy atom. The maximum Gasteiger partial charge on any atom is 0.194 e.